The Bertz CT molecular complexity index is 895. The molecule has 4 rings (SSSR count). The van der Waals surface area contributed by atoms with Crippen LogP contribution in [0.25, 0.3) is 11.2 Å². The molecule has 27 heavy (non-hydrogen) atoms. The molecule has 2 saturated heterocycles. The topological polar surface area (TPSA) is 124 Å². The van der Waals surface area contributed by atoms with Crippen LogP contribution in [0.2, 0.25) is 0 Å². The van der Waals surface area contributed by atoms with Crippen molar-refractivity contribution in [2.24, 2.45) is 0 Å². The van der Waals surface area contributed by atoms with Gasteiger partial charge in [0.15, 0.2) is 23.5 Å². The maximum absolute atomic E-state index is 11.7. The third-order valence-electron chi connectivity index (χ3n) is 4.43. The average molecular weight is 375 g/mol. The van der Waals surface area contributed by atoms with Crippen molar-refractivity contribution >= 4 is 23.0 Å². The summed E-state index contributed by atoms with van der Waals surface area (Å²) in [5, 5.41) is 0. The molecule has 0 amide bonds. The first-order valence-electron chi connectivity index (χ1n) is 8.68. The van der Waals surface area contributed by atoms with Gasteiger partial charge in [-0.05, 0) is 26.8 Å². The van der Waals surface area contributed by atoms with E-state index < -0.39 is 36.3 Å². The first kappa shape index (κ1) is 17.8. The lowest BCUT2D eigenvalue weighted by Crippen LogP contribution is -2.28. The van der Waals surface area contributed by atoms with Crippen LogP contribution in [-0.4, -0.2) is 56.2 Å². The van der Waals surface area contributed by atoms with E-state index in [-0.39, 0.29) is 5.82 Å². The van der Waals surface area contributed by atoms with E-state index >= 15 is 0 Å². The number of carbonyl (C=O) groups excluding carboxylic acids is 1. The van der Waals surface area contributed by atoms with E-state index in [0.717, 1.165) is 0 Å². The van der Waals surface area contributed by atoms with Crippen molar-refractivity contribution in [3.63, 3.8) is 0 Å². The molecule has 10 heteroatoms. The van der Waals surface area contributed by atoms with Crippen molar-refractivity contribution < 1.29 is 23.7 Å². The van der Waals surface area contributed by atoms with E-state index in [9.17, 15) is 4.79 Å². The maximum atomic E-state index is 11.7. The molecule has 2 aliphatic rings. The van der Waals surface area contributed by atoms with Crippen LogP contribution >= 0.6 is 0 Å². The largest absolute Gasteiger partial charge is 0.463 e. The van der Waals surface area contributed by atoms with Gasteiger partial charge in [0, 0.05) is 6.08 Å². The fourth-order valence-corrected chi connectivity index (χ4v) is 3.41. The third kappa shape index (κ3) is 3.15. The van der Waals surface area contributed by atoms with Gasteiger partial charge in [-0.15, -0.1) is 0 Å². The normalized spacial score (nSPS) is 29.4. The number of ether oxygens (including phenoxy) is 4. The highest BCUT2D eigenvalue weighted by Crippen LogP contribution is 2.44. The van der Waals surface area contributed by atoms with Crippen LogP contribution in [0.5, 0.6) is 0 Å². The zero-order valence-electron chi connectivity index (χ0n) is 15.2. The van der Waals surface area contributed by atoms with Crippen LogP contribution in [0.4, 0.5) is 5.82 Å². The maximum Gasteiger partial charge on any atom is 0.330 e. The number of nitrogens with zero attached hydrogens (tertiary/aromatic N) is 4. The van der Waals surface area contributed by atoms with Crippen molar-refractivity contribution in [3.05, 3.63) is 24.8 Å². The molecule has 10 nitrogen and oxygen atoms in total. The van der Waals surface area contributed by atoms with Gasteiger partial charge in [0.2, 0.25) is 0 Å². The zero-order valence-corrected chi connectivity index (χ0v) is 15.2. The molecule has 0 saturated carbocycles. The fraction of sp³-hybridized carbons (Fsp3) is 0.529. The molecule has 0 radical (unpaired) electrons. The number of rotatable bonds is 4. The standard InChI is InChI=1S/C17H21N5O5/c1-4-24-10(23)6-5-9-12-13(27-17(2,3)26-12)16(25-9)22-8-21-11-14(18)19-7-20-15(11)22/h5-9,12-13,16H,4H2,1-3H3,(H2,18,19,20)/b6-5+/t9-,12-,13-,16-/m1/s1. The van der Waals surface area contributed by atoms with Gasteiger partial charge < -0.3 is 24.7 Å². The van der Waals surface area contributed by atoms with Crippen LogP contribution in [0.1, 0.15) is 27.0 Å². The monoisotopic (exact) mass is 375 g/mol. The summed E-state index contributed by atoms with van der Waals surface area (Å²) >= 11 is 0. The highest BCUT2D eigenvalue weighted by molar-refractivity contribution is 5.82. The van der Waals surface area contributed by atoms with Crippen LogP contribution in [0.15, 0.2) is 24.8 Å². The predicted octanol–water partition coefficient (Wildman–Crippen LogP) is 0.945. The van der Waals surface area contributed by atoms with Crippen LogP contribution < -0.4 is 5.73 Å². The summed E-state index contributed by atoms with van der Waals surface area (Å²) in [5.74, 6) is -0.929. The number of imidazole rings is 1. The van der Waals surface area contributed by atoms with E-state index in [2.05, 4.69) is 15.0 Å². The summed E-state index contributed by atoms with van der Waals surface area (Å²) in [5.41, 5.74) is 6.89. The number of carbonyl (C=O) groups is 1. The van der Waals surface area contributed by atoms with E-state index in [1.165, 1.54) is 12.4 Å². The third-order valence-corrected chi connectivity index (χ3v) is 4.43. The molecule has 2 aliphatic heterocycles. The molecule has 4 atom stereocenters. The van der Waals surface area contributed by atoms with Crippen LogP contribution in [0.3, 0.4) is 0 Å². The molecule has 2 aromatic heterocycles. The summed E-state index contributed by atoms with van der Waals surface area (Å²) in [6.45, 7) is 5.72. The number of hydrogen-bond donors (Lipinski definition) is 1. The lowest BCUT2D eigenvalue weighted by atomic mass is 10.1. The minimum atomic E-state index is -0.780. The van der Waals surface area contributed by atoms with Crippen LogP contribution in [-0.2, 0) is 23.7 Å². The highest BCUT2D eigenvalue weighted by atomic mass is 16.8. The molecular formula is C17H21N5O5. The lowest BCUT2D eigenvalue weighted by molar-refractivity contribution is -0.191. The Balaban J connectivity index is 1.67. The molecule has 144 valence electrons. The van der Waals surface area contributed by atoms with Gasteiger partial charge in [-0.1, -0.05) is 0 Å². The van der Waals surface area contributed by atoms with Gasteiger partial charge in [0.25, 0.3) is 0 Å². The lowest BCUT2D eigenvalue weighted by Gasteiger charge is -2.23. The van der Waals surface area contributed by atoms with Gasteiger partial charge in [-0.25, -0.2) is 19.7 Å². The zero-order chi connectivity index (χ0) is 19.2. The van der Waals surface area contributed by atoms with E-state index in [4.69, 9.17) is 24.7 Å². The van der Waals surface area contributed by atoms with E-state index in [1.54, 1.807) is 23.9 Å². The molecule has 0 unspecified atom stereocenters. The summed E-state index contributed by atoms with van der Waals surface area (Å²) in [4.78, 5) is 24.2. The molecule has 4 heterocycles. The first-order valence-corrected chi connectivity index (χ1v) is 8.68. The summed E-state index contributed by atoms with van der Waals surface area (Å²) in [6.07, 6.45) is 4.07. The molecule has 2 fully saturated rings. The smallest absolute Gasteiger partial charge is 0.330 e. The minimum absolute atomic E-state index is 0.288. The average Bonchev–Trinajstić information content (AvgIpc) is 3.25. The summed E-state index contributed by atoms with van der Waals surface area (Å²) in [6, 6.07) is 0. The second-order valence-corrected chi connectivity index (χ2v) is 6.75. The highest BCUT2D eigenvalue weighted by Gasteiger charge is 2.55. The number of anilines is 1. The van der Waals surface area contributed by atoms with Gasteiger partial charge >= 0.3 is 5.97 Å². The number of fused-ring (bicyclic) bond motifs is 2. The van der Waals surface area contributed by atoms with Crippen LogP contribution in [0, 0.1) is 0 Å². The number of aromatic nitrogens is 4. The predicted molar refractivity (Wildman–Crippen MR) is 93.2 cm³/mol. The fourth-order valence-electron chi connectivity index (χ4n) is 3.41. The van der Waals surface area contributed by atoms with Gasteiger partial charge in [-0.2, -0.15) is 0 Å². The van der Waals surface area contributed by atoms with Gasteiger partial charge in [0.05, 0.1) is 12.9 Å². The Hall–Kier alpha value is -2.56. The number of nitrogens with two attached hydrogens (primary N) is 1. The molecule has 0 aliphatic carbocycles. The van der Waals surface area contributed by atoms with Crippen molar-refractivity contribution in [2.75, 3.05) is 12.3 Å². The number of hydrogen-bond acceptors (Lipinski definition) is 9. The quantitative estimate of drug-likeness (QED) is 0.614. The molecule has 0 bridgehead atoms. The van der Waals surface area contributed by atoms with Crippen molar-refractivity contribution in [1.82, 2.24) is 19.5 Å². The molecule has 0 spiro atoms. The Kier molecular flexibility index (Phi) is 4.33. The molecule has 2 aromatic rings. The van der Waals surface area contributed by atoms with E-state index in [0.29, 0.717) is 17.8 Å². The Morgan fingerprint density at radius 2 is 2.11 bits per heavy atom. The number of nitrogen functional groups attached to an aromatic ring is 1. The number of esters is 1. The minimum Gasteiger partial charge on any atom is -0.463 e. The SMILES string of the molecule is CCOC(=O)/C=C/[C@H]1O[C@@H](n2cnc3c(N)ncnc32)[C@@H]2OC(C)(C)O[C@@H]21. The second-order valence-electron chi connectivity index (χ2n) is 6.75. The van der Waals surface area contributed by atoms with Crippen molar-refractivity contribution in [2.45, 2.75) is 51.1 Å². The molecular weight excluding hydrogens is 354 g/mol. The Morgan fingerprint density at radius 3 is 2.89 bits per heavy atom. The van der Waals surface area contributed by atoms with Gasteiger partial charge in [-0.3, -0.25) is 4.57 Å². The molecule has 0 aromatic carbocycles. The van der Waals surface area contributed by atoms with E-state index in [1.807, 2.05) is 13.8 Å². The van der Waals surface area contributed by atoms with Gasteiger partial charge in [0.1, 0.15) is 30.2 Å². The summed E-state index contributed by atoms with van der Waals surface area (Å²) < 4.78 is 24.8. The Labute approximate surface area is 155 Å². The Morgan fingerprint density at radius 1 is 1.33 bits per heavy atom. The summed E-state index contributed by atoms with van der Waals surface area (Å²) in [7, 11) is 0. The van der Waals surface area contributed by atoms with Crippen molar-refractivity contribution in [3.8, 4) is 0 Å². The van der Waals surface area contributed by atoms with Crippen molar-refractivity contribution in [1.29, 1.82) is 0 Å². The second kappa shape index (κ2) is 6.55. The first-order chi connectivity index (χ1) is 12.9. The molecule has 2 N–H and O–H groups in total.